The van der Waals surface area contributed by atoms with Gasteiger partial charge in [-0.1, -0.05) is 48.5 Å². The van der Waals surface area contributed by atoms with Crippen molar-refractivity contribution in [2.24, 2.45) is 0 Å². The first kappa shape index (κ1) is 17.0. The highest BCUT2D eigenvalue weighted by atomic mass is 16.3. The second kappa shape index (κ2) is 8.34. The predicted octanol–water partition coefficient (Wildman–Crippen LogP) is 3.51. The normalized spacial score (nSPS) is 11.8. The van der Waals surface area contributed by atoms with E-state index in [1.165, 1.54) is 5.56 Å². The van der Waals surface area contributed by atoms with Crippen molar-refractivity contribution in [3.63, 3.8) is 0 Å². The first-order chi connectivity index (χ1) is 11.1. The first-order valence-corrected chi connectivity index (χ1v) is 7.88. The Morgan fingerprint density at radius 2 is 1.78 bits per heavy atom. The number of aliphatic hydroxyl groups excluding tert-OH is 1. The van der Waals surface area contributed by atoms with Gasteiger partial charge in [0.25, 0.3) is 0 Å². The van der Waals surface area contributed by atoms with Gasteiger partial charge in [-0.15, -0.1) is 0 Å². The lowest BCUT2D eigenvalue weighted by Gasteiger charge is -2.20. The topological polar surface area (TPSA) is 52.6 Å². The summed E-state index contributed by atoms with van der Waals surface area (Å²) < 4.78 is 0. The van der Waals surface area contributed by atoms with Crippen LogP contribution in [0.5, 0.6) is 0 Å². The monoisotopic (exact) mass is 312 g/mol. The van der Waals surface area contributed by atoms with Crippen LogP contribution in [0.4, 0.5) is 10.5 Å². The van der Waals surface area contributed by atoms with Crippen LogP contribution in [0.1, 0.15) is 24.5 Å². The molecule has 2 aromatic rings. The summed E-state index contributed by atoms with van der Waals surface area (Å²) in [5.41, 5.74) is 3.11. The Kier molecular flexibility index (Phi) is 6.18. The molecule has 0 saturated heterocycles. The molecule has 1 atom stereocenters. The molecule has 2 rings (SSSR count). The molecule has 0 heterocycles. The van der Waals surface area contributed by atoms with Gasteiger partial charge < -0.3 is 15.3 Å². The molecule has 0 aliphatic carbocycles. The Labute approximate surface area is 137 Å². The van der Waals surface area contributed by atoms with E-state index in [0.717, 1.165) is 17.7 Å². The highest BCUT2D eigenvalue weighted by molar-refractivity contribution is 5.90. The van der Waals surface area contributed by atoms with Crippen molar-refractivity contribution in [2.45, 2.75) is 25.9 Å². The number of para-hydroxylation sites is 1. The minimum Gasteiger partial charge on any atom is -0.393 e. The summed E-state index contributed by atoms with van der Waals surface area (Å²) in [4.78, 5) is 13.9. The first-order valence-electron chi connectivity index (χ1n) is 7.88. The third kappa shape index (κ3) is 5.42. The van der Waals surface area contributed by atoms with Crippen molar-refractivity contribution >= 4 is 11.7 Å². The van der Waals surface area contributed by atoms with E-state index in [9.17, 15) is 9.90 Å². The van der Waals surface area contributed by atoms with Crippen molar-refractivity contribution < 1.29 is 9.90 Å². The molecule has 2 amide bonds. The van der Waals surface area contributed by atoms with E-state index in [0.29, 0.717) is 13.0 Å². The predicted molar refractivity (Wildman–Crippen MR) is 93.6 cm³/mol. The second-order valence-corrected chi connectivity index (χ2v) is 5.81. The number of nitrogens with one attached hydrogen (secondary N) is 1. The summed E-state index contributed by atoms with van der Waals surface area (Å²) in [6.45, 7) is 2.24. The molecule has 4 nitrogen and oxygen atoms in total. The zero-order valence-corrected chi connectivity index (χ0v) is 13.7. The number of benzene rings is 2. The number of nitrogens with zero attached hydrogens (tertiary/aromatic N) is 1. The maximum atomic E-state index is 12.3. The lowest BCUT2D eigenvalue weighted by Crippen LogP contribution is -2.33. The average Bonchev–Trinajstić information content (AvgIpc) is 2.55. The van der Waals surface area contributed by atoms with E-state index >= 15 is 0 Å². The van der Waals surface area contributed by atoms with Gasteiger partial charge in [-0.3, -0.25) is 0 Å². The Balaban J connectivity index is 2.04. The van der Waals surface area contributed by atoms with Crippen LogP contribution < -0.4 is 5.32 Å². The van der Waals surface area contributed by atoms with Gasteiger partial charge in [0.1, 0.15) is 0 Å². The zero-order chi connectivity index (χ0) is 16.7. The minimum absolute atomic E-state index is 0.161. The fraction of sp³-hybridized carbons (Fsp3) is 0.316. The fourth-order valence-corrected chi connectivity index (χ4v) is 2.30. The summed E-state index contributed by atoms with van der Waals surface area (Å²) >= 11 is 0. The fourth-order valence-electron chi connectivity index (χ4n) is 2.30. The van der Waals surface area contributed by atoms with Gasteiger partial charge in [0.05, 0.1) is 6.10 Å². The Morgan fingerprint density at radius 3 is 2.48 bits per heavy atom. The zero-order valence-electron chi connectivity index (χ0n) is 13.7. The molecule has 4 heteroatoms. The molecule has 1 unspecified atom stereocenters. The molecule has 0 radical (unpaired) electrons. The number of carbonyl (C=O) groups excluding carboxylic acids is 1. The van der Waals surface area contributed by atoms with E-state index < -0.39 is 6.10 Å². The number of aliphatic hydroxyl groups is 1. The maximum absolute atomic E-state index is 12.3. The maximum Gasteiger partial charge on any atom is 0.321 e. The molecule has 0 spiro atoms. The Bertz CT molecular complexity index is 626. The van der Waals surface area contributed by atoms with Crippen LogP contribution in [0, 0.1) is 0 Å². The number of anilines is 1. The molecule has 0 aliphatic heterocycles. The Morgan fingerprint density at radius 1 is 1.13 bits per heavy atom. The molecule has 2 N–H and O–H groups in total. The van der Waals surface area contributed by atoms with Crippen LogP contribution in [0.3, 0.4) is 0 Å². The number of carbonyl (C=O) groups is 1. The lowest BCUT2D eigenvalue weighted by atomic mass is 10.0. The third-order valence-electron chi connectivity index (χ3n) is 3.73. The Hall–Kier alpha value is -2.33. The van der Waals surface area contributed by atoms with E-state index in [2.05, 4.69) is 17.4 Å². The summed E-state index contributed by atoms with van der Waals surface area (Å²) in [5.74, 6) is 0. The number of rotatable bonds is 6. The summed E-state index contributed by atoms with van der Waals surface area (Å²) in [7, 11) is 1.73. The SMILES string of the molecule is CC(O)CCN(C)C(=O)Nc1ccccc1Cc1ccccc1. The highest BCUT2D eigenvalue weighted by Crippen LogP contribution is 2.19. The average molecular weight is 312 g/mol. The van der Waals surface area contributed by atoms with Crippen LogP contribution in [0.15, 0.2) is 54.6 Å². The van der Waals surface area contributed by atoms with Crippen LogP contribution >= 0.6 is 0 Å². The number of hydrogen-bond donors (Lipinski definition) is 2. The van der Waals surface area contributed by atoms with Crippen molar-refractivity contribution in [3.8, 4) is 0 Å². The molecule has 23 heavy (non-hydrogen) atoms. The largest absolute Gasteiger partial charge is 0.393 e. The van der Waals surface area contributed by atoms with Gasteiger partial charge >= 0.3 is 6.03 Å². The van der Waals surface area contributed by atoms with E-state index in [-0.39, 0.29) is 6.03 Å². The summed E-state index contributed by atoms with van der Waals surface area (Å²) in [5, 5.41) is 12.3. The van der Waals surface area contributed by atoms with Gasteiger partial charge in [0.2, 0.25) is 0 Å². The molecular formula is C19H24N2O2. The number of hydrogen-bond acceptors (Lipinski definition) is 2. The van der Waals surface area contributed by atoms with Crippen molar-refractivity contribution in [1.82, 2.24) is 4.90 Å². The van der Waals surface area contributed by atoms with Crippen molar-refractivity contribution in [1.29, 1.82) is 0 Å². The molecular weight excluding hydrogens is 288 g/mol. The smallest absolute Gasteiger partial charge is 0.321 e. The van der Waals surface area contributed by atoms with E-state index in [1.54, 1.807) is 18.9 Å². The van der Waals surface area contributed by atoms with Crippen molar-refractivity contribution in [2.75, 3.05) is 18.9 Å². The quantitative estimate of drug-likeness (QED) is 0.857. The third-order valence-corrected chi connectivity index (χ3v) is 3.73. The molecule has 2 aromatic carbocycles. The second-order valence-electron chi connectivity index (χ2n) is 5.81. The molecule has 0 saturated carbocycles. The van der Waals surface area contributed by atoms with Gasteiger partial charge in [-0.25, -0.2) is 4.79 Å². The highest BCUT2D eigenvalue weighted by Gasteiger charge is 2.12. The van der Waals surface area contributed by atoms with Gasteiger partial charge in [0, 0.05) is 19.3 Å². The van der Waals surface area contributed by atoms with Gasteiger partial charge in [0.15, 0.2) is 0 Å². The molecule has 122 valence electrons. The van der Waals surface area contributed by atoms with E-state index in [4.69, 9.17) is 0 Å². The van der Waals surface area contributed by atoms with Gasteiger partial charge in [-0.2, -0.15) is 0 Å². The standard InChI is InChI=1S/C19H24N2O2/c1-15(22)12-13-21(2)19(23)20-18-11-7-6-10-17(18)14-16-8-4-3-5-9-16/h3-11,15,22H,12-14H2,1-2H3,(H,20,23). The number of amides is 2. The van der Waals surface area contributed by atoms with Crippen LogP contribution in [-0.2, 0) is 6.42 Å². The number of urea groups is 1. The molecule has 0 aliphatic rings. The van der Waals surface area contributed by atoms with Crippen LogP contribution in [-0.4, -0.2) is 35.7 Å². The van der Waals surface area contributed by atoms with Crippen LogP contribution in [0.2, 0.25) is 0 Å². The summed E-state index contributed by atoms with van der Waals surface area (Å²) in [6, 6.07) is 17.9. The minimum atomic E-state index is -0.407. The van der Waals surface area contributed by atoms with Crippen LogP contribution in [0.25, 0.3) is 0 Å². The molecule has 0 fully saturated rings. The lowest BCUT2D eigenvalue weighted by molar-refractivity contribution is 0.167. The van der Waals surface area contributed by atoms with Crippen molar-refractivity contribution in [3.05, 3.63) is 65.7 Å². The van der Waals surface area contributed by atoms with Gasteiger partial charge in [-0.05, 0) is 37.0 Å². The van der Waals surface area contributed by atoms with E-state index in [1.807, 2.05) is 42.5 Å². The molecule has 0 bridgehead atoms. The molecule has 0 aromatic heterocycles. The summed E-state index contributed by atoms with van der Waals surface area (Å²) in [6.07, 6.45) is 0.931.